The van der Waals surface area contributed by atoms with Gasteiger partial charge in [0.05, 0.1) is 12.7 Å². The molecule has 0 bridgehead atoms. The fourth-order valence-electron chi connectivity index (χ4n) is 2.93. The summed E-state index contributed by atoms with van der Waals surface area (Å²) in [5.41, 5.74) is 2.76. The average Bonchev–Trinajstić information content (AvgIpc) is 2.97. The van der Waals surface area contributed by atoms with E-state index in [0.29, 0.717) is 5.75 Å². The van der Waals surface area contributed by atoms with Gasteiger partial charge in [0.15, 0.2) is 0 Å². The van der Waals surface area contributed by atoms with Crippen LogP contribution in [0.5, 0.6) is 5.75 Å². The Morgan fingerprint density at radius 2 is 1.83 bits per heavy atom. The van der Waals surface area contributed by atoms with E-state index in [1.54, 1.807) is 6.26 Å². The first-order valence-corrected chi connectivity index (χ1v) is 7.86. The molecule has 0 N–H and O–H groups in total. The molecule has 0 aliphatic rings. The predicted octanol–water partition coefficient (Wildman–Crippen LogP) is 5.04. The normalized spacial score (nSPS) is 11.0. The summed E-state index contributed by atoms with van der Waals surface area (Å²) in [5.74, 6) is 0.289. The third-order valence-electron chi connectivity index (χ3n) is 4.12. The monoisotopic (exact) mass is 316 g/mol. The van der Waals surface area contributed by atoms with Crippen LogP contribution in [0.2, 0.25) is 0 Å². The molecule has 0 spiro atoms. The number of benzene rings is 3. The van der Waals surface area contributed by atoms with Crippen molar-refractivity contribution in [3.05, 3.63) is 78.1 Å². The molecule has 3 heteroatoms. The SMILES string of the molecule is Cc1ccc2occ(CC(=O)Oc3cccc4ccccc34)c2c1. The summed E-state index contributed by atoms with van der Waals surface area (Å²) in [6.45, 7) is 2.02. The lowest BCUT2D eigenvalue weighted by Gasteiger charge is -2.07. The average molecular weight is 316 g/mol. The van der Waals surface area contributed by atoms with Crippen molar-refractivity contribution in [1.82, 2.24) is 0 Å². The molecule has 0 aliphatic heterocycles. The molecule has 1 aromatic heterocycles. The number of hydrogen-bond acceptors (Lipinski definition) is 3. The van der Waals surface area contributed by atoms with Gasteiger partial charge in [0, 0.05) is 16.3 Å². The summed E-state index contributed by atoms with van der Waals surface area (Å²) in [5, 5.41) is 2.94. The van der Waals surface area contributed by atoms with Gasteiger partial charge >= 0.3 is 5.97 Å². The van der Waals surface area contributed by atoms with Crippen molar-refractivity contribution in [2.75, 3.05) is 0 Å². The maximum absolute atomic E-state index is 12.4. The Morgan fingerprint density at radius 1 is 1.00 bits per heavy atom. The van der Waals surface area contributed by atoms with Crippen molar-refractivity contribution in [1.29, 1.82) is 0 Å². The number of carbonyl (C=O) groups excluding carboxylic acids is 1. The summed E-state index contributed by atoms with van der Waals surface area (Å²) in [4.78, 5) is 12.4. The van der Waals surface area contributed by atoms with Crippen molar-refractivity contribution in [2.45, 2.75) is 13.3 Å². The standard InChI is InChI=1S/C21H16O3/c1-14-9-10-19-18(11-14)16(13-23-19)12-21(22)24-20-8-4-6-15-5-2-3-7-17(15)20/h2-11,13H,12H2,1H3. The van der Waals surface area contributed by atoms with Gasteiger partial charge in [0.25, 0.3) is 0 Å². The van der Waals surface area contributed by atoms with Crippen LogP contribution >= 0.6 is 0 Å². The van der Waals surface area contributed by atoms with Gasteiger partial charge in [0.1, 0.15) is 11.3 Å². The van der Waals surface area contributed by atoms with Crippen molar-refractivity contribution < 1.29 is 13.9 Å². The Kier molecular flexibility index (Phi) is 3.54. The van der Waals surface area contributed by atoms with Crippen molar-refractivity contribution in [3.63, 3.8) is 0 Å². The zero-order chi connectivity index (χ0) is 16.5. The zero-order valence-electron chi connectivity index (χ0n) is 13.3. The number of aryl methyl sites for hydroxylation is 1. The maximum Gasteiger partial charge on any atom is 0.315 e. The quantitative estimate of drug-likeness (QED) is 0.392. The Morgan fingerprint density at radius 3 is 2.75 bits per heavy atom. The smallest absolute Gasteiger partial charge is 0.315 e. The van der Waals surface area contributed by atoms with Gasteiger partial charge in [-0.1, -0.05) is 48.0 Å². The molecule has 3 nitrogen and oxygen atoms in total. The molecule has 0 fully saturated rings. The lowest BCUT2D eigenvalue weighted by atomic mass is 10.1. The number of ether oxygens (including phenoxy) is 1. The Labute approximate surface area is 139 Å². The van der Waals surface area contributed by atoms with Crippen LogP contribution in [-0.4, -0.2) is 5.97 Å². The number of furan rings is 1. The maximum atomic E-state index is 12.4. The summed E-state index contributed by atoms with van der Waals surface area (Å²) in [6.07, 6.45) is 1.81. The molecule has 4 aromatic rings. The highest BCUT2D eigenvalue weighted by atomic mass is 16.5. The van der Waals surface area contributed by atoms with Crippen molar-refractivity contribution in [3.8, 4) is 5.75 Å². The van der Waals surface area contributed by atoms with E-state index < -0.39 is 0 Å². The lowest BCUT2D eigenvalue weighted by molar-refractivity contribution is -0.133. The molecule has 0 aliphatic carbocycles. The Hall–Kier alpha value is -3.07. The van der Waals surface area contributed by atoms with Crippen LogP contribution in [0, 0.1) is 6.92 Å². The van der Waals surface area contributed by atoms with E-state index in [2.05, 4.69) is 0 Å². The first kappa shape index (κ1) is 14.5. The first-order chi connectivity index (χ1) is 11.7. The highest BCUT2D eigenvalue weighted by molar-refractivity contribution is 5.92. The number of hydrogen-bond donors (Lipinski definition) is 0. The van der Waals surface area contributed by atoms with Gasteiger partial charge < -0.3 is 9.15 Å². The van der Waals surface area contributed by atoms with E-state index in [1.165, 1.54) is 0 Å². The number of rotatable bonds is 3. The summed E-state index contributed by atoms with van der Waals surface area (Å²) < 4.78 is 11.1. The molecule has 0 unspecified atom stereocenters. The van der Waals surface area contributed by atoms with Crippen LogP contribution in [0.4, 0.5) is 0 Å². The molecule has 0 saturated carbocycles. The molecule has 4 rings (SSSR count). The second-order valence-electron chi connectivity index (χ2n) is 5.89. The van der Waals surface area contributed by atoms with Gasteiger partial charge in [-0.15, -0.1) is 0 Å². The molecule has 0 amide bonds. The third-order valence-corrected chi connectivity index (χ3v) is 4.12. The van der Waals surface area contributed by atoms with E-state index in [1.807, 2.05) is 67.6 Å². The van der Waals surface area contributed by atoms with Gasteiger partial charge in [-0.3, -0.25) is 4.79 Å². The molecule has 24 heavy (non-hydrogen) atoms. The minimum Gasteiger partial charge on any atom is -0.464 e. The van der Waals surface area contributed by atoms with E-state index in [9.17, 15) is 4.79 Å². The van der Waals surface area contributed by atoms with Gasteiger partial charge in [-0.2, -0.15) is 0 Å². The minimum absolute atomic E-state index is 0.180. The third kappa shape index (κ3) is 2.65. The molecule has 3 aromatic carbocycles. The molecule has 0 radical (unpaired) electrons. The predicted molar refractivity (Wildman–Crippen MR) is 94.2 cm³/mol. The van der Waals surface area contributed by atoms with Crippen LogP contribution in [0.1, 0.15) is 11.1 Å². The molecule has 1 heterocycles. The fourth-order valence-corrected chi connectivity index (χ4v) is 2.93. The number of fused-ring (bicyclic) bond motifs is 2. The van der Waals surface area contributed by atoms with E-state index in [-0.39, 0.29) is 12.4 Å². The van der Waals surface area contributed by atoms with E-state index >= 15 is 0 Å². The highest BCUT2D eigenvalue weighted by Crippen LogP contribution is 2.27. The van der Waals surface area contributed by atoms with Crippen LogP contribution in [0.15, 0.2) is 71.3 Å². The van der Waals surface area contributed by atoms with Gasteiger partial charge in [-0.05, 0) is 30.5 Å². The van der Waals surface area contributed by atoms with Crippen molar-refractivity contribution >= 4 is 27.7 Å². The second kappa shape index (κ2) is 5.85. The Bertz CT molecular complexity index is 1040. The van der Waals surface area contributed by atoms with Gasteiger partial charge in [-0.25, -0.2) is 0 Å². The summed E-state index contributed by atoms with van der Waals surface area (Å²) in [6, 6.07) is 19.5. The topological polar surface area (TPSA) is 39.4 Å². The zero-order valence-corrected chi connectivity index (χ0v) is 13.3. The molecular weight excluding hydrogens is 300 g/mol. The number of esters is 1. The highest BCUT2D eigenvalue weighted by Gasteiger charge is 2.13. The van der Waals surface area contributed by atoms with Crippen LogP contribution < -0.4 is 4.74 Å². The second-order valence-corrected chi connectivity index (χ2v) is 5.89. The fraction of sp³-hybridized carbons (Fsp3) is 0.0952. The molecule has 118 valence electrons. The lowest BCUT2D eigenvalue weighted by Crippen LogP contribution is -2.11. The molecule has 0 atom stereocenters. The minimum atomic E-state index is -0.296. The number of carbonyl (C=O) groups is 1. The van der Waals surface area contributed by atoms with Gasteiger partial charge in [0.2, 0.25) is 0 Å². The molecule has 0 saturated heterocycles. The summed E-state index contributed by atoms with van der Waals surface area (Å²) >= 11 is 0. The largest absolute Gasteiger partial charge is 0.464 e. The summed E-state index contributed by atoms with van der Waals surface area (Å²) in [7, 11) is 0. The van der Waals surface area contributed by atoms with E-state index in [4.69, 9.17) is 9.15 Å². The van der Waals surface area contributed by atoms with Crippen molar-refractivity contribution in [2.24, 2.45) is 0 Å². The molecular formula is C21H16O3. The van der Waals surface area contributed by atoms with Crippen LogP contribution in [0.3, 0.4) is 0 Å². The Balaban J connectivity index is 1.61. The van der Waals surface area contributed by atoms with Crippen LogP contribution in [-0.2, 0) is 11.2 Å². The first-order valence-electron chi connectivity index (χ1n) is 7.86. The van der Waals surface area contributed by atoms with Crippen LogP contribution in [0.25, 0.3) is 21.7 Å². The van der Waals surface area contributed by atoms with E-state index in [0.717, 1.165) is 32.9 Å².